The molecular weight excluding hydrogens is 366 g/mol. The first-order chi connectivity index (χ1) is 13.0. The first-order valence-corrected chi connectivity index (χ1v) is 9.73. The molecule has 0 amide bonds. The van der Waals surface area contributed by atoms with E-state index in [9.17, 15) is 18.5 Å². The highest BCUT2D eigenvalue weighted by Crippen LogP contribution is 2.30. The summed E-state index contributed by atoms with van der Waals surface area (Å²) in [5.74, 6) is 0.310. The van der Waals surface area contributed by atoms with Crippen molar-refractivity contribution in [3.8, 4) is 0 Å². The maximum Gasteiger partial charge on any atom is 0.289 e. The quantitative estimate of drug-likeness (QED) is 0.512. The number of aliphatic imine (C=N–C) groups is 1. The number of rotatable bonds is 4. The first kappa shape index (κ1) is 17.2. The maximum absolute atomic E-state index is 13.2. The maximum atomic E-state index is 13.2. The van der Waals surface area contributed by atoms with Crippen molar-refractivity contribution in [1.29, 1.82) is 0 Å². The SMILES string of the molecule is O=[N+]([O-])c1ccccc1S(=O)(=O)N1CCN=C1c1cccc2ccccc12. The van der Waals surface area contributed by atoms with Gasteiger partial charge in [-0.1, -0.05) is 54.6 Å². The van der Waals surface area contributed by atoms with Crippen LogP contribution in [0.1, 0.15) is 5.56 Å². The van der Waals surface area contributed by atoms with Gasteiger partial charge in [0.25, 0.3) is 15.7 Å². The lowest BCUT2D eigenvalue weighted by Crippen LogP contribution is -2.35. The summed E-state index contributed by atoms with van der Waals surface area (Å²) in [7, 11) is -4.12. The second-order valence-corrected chi connectivity index (χ2v) is 7.86. The number of sulfonamides is 1. The lowest BCUT2D eigenvalue weighted by atomic mass is 10.0. The van der Waals surface area contributed by atoms with Crippen LogP contribution in [0, 0.1) is 10.1 Å². The molecule has 4 rings (SSSR count). The average molecular weight is 381 g/mol. The van der Waals surface area contributed by atoms with Crippen molar-refractivity contribution < 1.29 is 13.3 Å². The van der Waals surface area contributed by atoms with E-state index < -0.39 is 20.6 Å². The Hall–Kier alpha value is -3.26. The van der Waals surface area contributed by atoms with Crippen LogP contribution in [0.25, 0.3) is 10.8 Å². The van der Waals surface area contributed by atoms with Crippen molar-refractivity contribution in [2.45, 2.75) is 4.90 Å². The number of hydrogen-bond donors (Lipinski definition) is 0. The Balaban J connectivity index is 1.85. The zero-order valence-corrected chi connectivity index (χ0v) is 15.0. The van der Waals surface area contributed by atoms with Gasteiger partial charge < -0.3 is 0 Å². The molecule has 0 N–H and O–H groups in total. The van der Waals surface area contributed by atoms with E-state index in [1.165, 1.54) is 24.3 Å². The molecule has 3 aromatic rings. The molecule has 0 aliphatic carbocycles. The van der Waals surface area contributed by atoms with Gasteiger partial charge in [0.1, 0.15) is 5.84 Å². The van der Waals surface area contributed by atoms with Crippen LogP contribution in [0.4, 0.5) is 5.69 Å². The summed E-state index contributed by atoms with van der Waals surface area (Å²) in [6.45, 7) is 0.450. The molecule has 0 aromatic heterocycles. The molecule has 0 bridgehead atoms. The third-order valence-electron chi connectivity index (χ3n) is 4.46. The van der Waals surface area contributed by atoms with Crippen LogP contribution < -0.4 is 0 Å². The van der Waals surface area contributed by atoms with Crippen molar-refractivity contribution in [3.63, 3.8) is 0 Å². The minimum Gasteiger partial charge on any atom is -0.265 e. The number of hydrogen-bond acceptors (Lipinski definition) is 5. The third-order valence-corrected chi connectivity index (χ3v) is 6.30. The number of para-hydroxylation sites is 1. The molecular formula is C19H15N3O4S. The fraction of sp³-hybridized carbons (Fsp3) is 0.105. The van der Waals surface area contributed by atoms with Gasteiger partial charge in [0, 0.05) is 11.6 Å². The standard InChI is InChI=1S/C19H15N3O4S/c23-22(24)17-10-3-4-11-18(17)27(25,26)21-13-12-20-19(21)16-9-5-7-14-6-1-2-8-15(14)16/h1-11H,12-13H2. The monoisotopic (exact) mass is 381 g/mol. The highest BCUT2D eigenvalue weighted by Gasteiger charge is 2.36. The van der Waals surface area contributed by atoms with Gasteiger partial charge >= 0.3 is 0 Å². The van der Waals surface area contributed by atoms with Gasteiger partial charge in [0.05, 0.1) is 18.0 Å². The molecule has 0 saturated carbocycles. The smallest absolute Gasteiger partial charge is 0.265 e. The normalized spacial score (nSPS) is 14.4. The summed E-state index contributed by atoms with van der Waals surface area (Å²) in [4.78, 5) is 14.7. The molecule has 0 radical (unpaired) electrons. The molecule has 0 saturated heterocycles. The molecule has 8 heteroatoms. The van der Waals surface area contributed by atoms with E-state index in [-0.39, 0.29) is 11.4 Å². The number of benzene rings is 3. The Morgan fingerprint density at radius 1 is 0.963 bits per heavy atom. The summed E-state index contributed by atoms with van der Waals surface area (Å²) in [5, 5.41) is 13.1. The lowest BCUT2D eigenvalue weighted by Gasteiger charge is -2.21. The summed E-state index contributed by atoms with van der Waals surface area (Å²) in [6.07, 6.45) is 0. The van der Waals surface area contributed by atoms with Crippen LogP contribution >= 0.6 is 0 Å². The third kappa shape index (κ3) is 2.83. The summed E-state index contributed by atoms with van der Waals surface area (Å²) >= 11 is 0. The molecule has 27 heavy (non-hydrogen) atoms. The van der Waals surface area contributed by atoms with E-state index in [4.69, 9.17) is 0 Å². The van der Waals surface area contributed by atoms with Gasteiger partial charge in [-0.05, 0) is 16.8 Å². The highest BCUT2D eigenvalue weighted by atomic mass is 32.2. The predicted octanol–water partition coefficient (Wildman–Crippen LogP) is 3.20. The Labute approximate surface area is 155 Å². The Bertz CT molecular complexity index is 1180. The molecule has 0 atom stereocenters. The van der Waals surface area contributed by atoms with Gasteiger partial charge in [0.15, 0.2) is 4.90 Å². The van der Waals surface area contributed by atoms with Crippen LogP contribution in [0.2, 0.25) is 0 Å². The highest BCUT2D eigenvalue weighted by molar-refractivity contribution is 7.89. The van der Waals surface area contributed by atoms with Crippen molar-refractivity contribution in [1.82, 2.24) is 4.31 Å². The van der Waals surface area contributed by atoms with Crippen molar-refractivity contribution in [3.05, 3.63) is 82.4 Å². The summed E-state index contributed by atoms with van der Waals surface area (Å²) < 4.78 is 27.6. The molecule has 3 aromatic carbocycles. The fourth-order valence-electron chi connectivity index (χ4n) is 3.25. The fourth-order valence-corrected chi connectivity index (χ4v) is 4.85. The molecule has 0 unspecified atom stereocenters. The molecule has 1 aliphatic heterocycles. The van der Waals surface area contributed by atoms with Gasteiger partial charge in [-0.2, -0.15) is 0 Å². The van der Waals surface area contributed by atoms with Crippen LogP contribution in [-0.2, 0) is 10.0 Å². The molecule has 136 valence electrons. The van der Waals surface area contributed by atoms with Crippen LogP contribution in [0.5, 0.6) is 0 Å². The van der Waals surface area contributed by atoms with Gasteiger partial charge in [-0.3, -0.25) is 15.1 Å². The van der Waals surface area contributed by atoms with E-state index in [1.807, 2.05) is 42.5 Å². The predicted molar refractivity (Wildman–Crippen MR) is 102 cm³/mol. The van der Waals surface area contributed by atoms with Gasteiger partial charge in [-0.15, -0.1) is 0 Å². The topological polar surface area (TPSA) is 92.9 Å². The van der Waals surface area contributed by atoms with Crippen molar-refractivity contribution >= 4 is 32.3 Å². The van der Waals surface area contributed by atoms with Crippen LogP contribution in [-0.4, -0.2) is 36.6 Å². The number of nitro benzene ring substituents is 1. The number of fused-ring (bicyclic) bond motifs is 1. The second kappa shape index (κ2) is 6.48. The molecule has 0 fully saturated rings. The Kier molecular flexibility index (Phi) is 4.12. The van der Waals surface area contributed by atoms with Crippen LogP contribution in [0.3, 0.4) is 0 Å². The Morgan fingerprint density at radius 2 is 1.67 bits per heavy atom. The first-order valence-electron chi connectivity index (χ1n) is 8.29. The van der Waals surface area contributed by atoms with Crippen molar-refractivity contribution in [2.24, 2.45) is 4.99 Å². The molecule has 0 spiro atoms. The average Bonchev–Trinajstić information content (AvgIpc) is 3.18. The van der Waals surface area contributed by atoms with E-state index in [0.717, 1.165) is 15.1 Å². The van der Waals surface area contributed by atoms with E-state index in [1.54, 1.807) is 0 Å². The second-order valence-electron chi connectivity index (χ2n) is 6.03. The number of nitrogens with zero attached hydrogens (tertiary/aromatic N) is 3. The zero-order chi connectivity index (χ0) is 19.0. The Morgan fingerprint density at radius 3 is 2.48 bits per heavy atom. The largest absolute Gasteiger partial charge is 0.289 e. The summed E-state index contributed by atoms with van der Waals surface area (Å²) in [5.41, 5.74) is 0.245. The minimum absolute atomic E-state index is 0.146. The van der Waals surface area contributed by atoms with Gasteiger partial charge in [0.2, 0.25) is 0 Å². The van der Waals surface area contributed by atoms with Crippen LogP contribution in [0.15, 0.2) is 76.6 Å². The summed E-state index contributed by atoms with van der Waals surface area (Å²) in [6, 6.07) is 18.6. The minimum atomic E-state index is -4.12. The molecule has 1 aliphatic rings. The number of nitro groups is 1. The van der Waals surface area contributed by atoms with Gasteiger partial charge in [-0.25, -0.2) is 12.7 Å². The van der Waals surface area contributed by atoms with E-state index in [2.05, 4.69) is 4.99 Å². The molecule has 1 heterocycles. The van der Waals surface area contributed by atoms with E-state index in [0.29, 0.717) is 17.9 Å². The number of amidine groups is 1. The van der Waals surface area contributed by atoms with E-state index >= 15 is 0 Å². The lowest BCUT2D eigenvalue weighted by molar-refractivity contribution is -0.387. The zero-order valence-electron chi connectivity index (χ0n) is 14.1. The molecule has 7 nitrogen and oxygen atoms in total. The van der Waals surface area contributed by atoms with Crippen molar-refractivity contribution in [2.75, 3.05) is 13.1 Å².